The molecule has 4 heteroatoms. The minimum absolute atomic E-state index is 0.248. The predicted octanol–water partition coefficient (Wildman–Crippen LogP) is 3.98. The highest BCUT2D eigenvalue weighted by Crippen LogP contribution is 2.23. The second kappa shape index (κ2) is 5.53. The average Bonchev–Trinajstić information content (AvgIpc) is 2.75. The van der Waals surface area contributed by atoms with E-state index in [2.05, 4.69) is 49.2 Å². The predicted molar refractivity (Wildman–Crippen MR) is 72.6 cm³/mol. The van der Waals surface area contributed by atoms with Gasteiger partial charge < -0.3 is 4.42 Å². The molecule has 0 aliphatic heterocycles. The summed E-state index contributed by atoms with van der Waals surface area (Å²) >= 11 is 5.66. The van der Waals surface area contributed by atoms with Gasteiger partial charge in [-0.25, -0.2) is 0 Å². The Morgan fingerprint density at radius 1 is 1.22 bits per heavy atom. The van der Waals surface area contributed by atoms with E-state index in [-0.39, 0.29) is 5.88 Å². The lowest BCUT2D eigenvalue weighted by atomic mass is 9.99. The zero-order chi connectivity index (χ0) is 13.1. The van der Waals surface area contributed by atoms with Gasteiger partial charge in [0.1, 0.15) is 5.88 Å². The maximum Gasteiger partial charge on any atom is 0.247 e. The minimum atomic E-state index is 0.248. The molecule has 18 heavy (non-hydrogen) atoms. The largest absolute Gasteiger partial charge is 0.419 e. The highest BCUT2D eigenvalue weighted by molar-refractivity contribution is 6.16. The van der Waals surface area contributed by atoms with E-state index in [0.717, 1.165) is 12.0 Å². The molecule has 0 saturated carbocycles. The Balaban J connectivity index is 2.35. The number of hydrogen-bond donors (Lipinski definition) is 0. The number of halogens is 1. The Labute approximate surface area is 112 Å². The molecule has 1 aromatic heterocycles. The summed E-state index contributed by atoms with van der Waals surface area (Å²) in [5, 5.41) is 7.90. The van der Waals surface area contributed by atoms with Crippen molar-refractivity contribution in [1.82, 2.24) is 10.2 Å². The van der Waals surface area contributed by atoms with Crippen LogP contribution < -0.4 is 0 Å². The zero-order valence-corrected chi connectivity index (χ0v) is 11.7. The Morgan fingerprint density at radius 3 is 2.61 bits per heavy atom. The van der Waals surface area contributed by atoms with Gasteiger partial charge in [-0.3, -0.25) is 0 Å². The highest BCUT2D eigenvalue weighted by Gasteiger charge is 2.10. The lowest BCUT2D eigenvalue weighted by Gasteiger charge is -2.07. The van der Waals surface area contributed by atoms with Gasteiger partial charge in [0.2, 0.25) is 11.8 Å². The number of aryl methyl sites for hydroxylation is 1. The van der Waals surface area contributed by atoms with E-state index in [4.69, 9.17) is 16.0 Å². The molecule has 0 aliphatic rings. The summed E-state index contributed by atoms with van der Waals surface area (Å²) in [6, 6.07) is 6.36. The van der Waals surface area contributed by atoms with E-state index >= 15 is 0 Å². The van der Waals surface area contributed by atoms with Gasteiger partial charge >= 0.3 is 0 Å². The van der Waals surface area contributed by atoms with Crippen LogP contribution in [0.25, 0.3) is 11.5 Å². The molecule has 2 aromatic rings. The molecule has 0 bridgehead atoms. The van der Waals surface area contributed by atoms with Crippen LogP contribution in [0.5, 0.6) is 0 Å². The molecule has 0 amide bonds. The fraction of sp³-hybridized carbons (Fsp3) is 0.429. The zero-order valence-electron chi connectivity index (χ0n) is 10.9. The standard InChI is InChI=1S/C14H17ClN2O/c1-9(2)4-11-5-10(3)6-12(7-11)14-17-16-13(8-15)18-14/h5-7,9H,4,8H2,1-3H3. The summed E-state index contributed by atoms with van der Waals surface area (Å²) in [5.41, 5.74) is 3.47. The number of rotatable bonds is 4. The van der Waals surface area contributed by atoms with Gasteiger partial charge in [0.25, 0.3) is 0 Å². The molecule has 0 unspecified atom stereocenters. The number of nitrogens with zero attached hydrogens (tertiary/aromatic N) is 2. The molecule has 2 rings (SSSR count). The summed E-state index contributed by atoms with van der Waals surface area (Å²) < 4.78 is 5.48. The first-order valence-electron chi connectivity index (χ1n) is 6.07. The van der Waals surface area contributed by atoms with Crippen LogP contribution in [0.3, 0.4) is 0 Å². The van der Waals surface area contributed by atoms with Crippen molar-refractivity contribution in [3.05, 3.63) is 35.2 Å². The lowest BCUT2D eigenvalue weighted by Crippen LogP contribution is -1.95. The number of benzene rings is 1. The van der Waals surface area contributed by atoms with Crippen molar-refractivity contribution in [2.75, 3.05) is 0 Å². The normalized spacial score (nSPS) is 11.2. The van der Waals surface area contributed by atoms with Gasteiger partial charge in [0.15, 0.2) is 0 Å². The van der Waals surface area contributed by atoms with Gasteiger partial charge in [-0.2, -0.15) is 0 Å². The Kier molecular flexibility index (Phi) is 4.02. The quantitative estimate of drug-likeness (QED) is 0.784. The summed E-state index contributed by atoms with van der Waals surface area (Å²) in [5.74, 6) is 1.87. The Bertz CT molecular complexity index is 534. The van der Waals surface area contributed by atoms with Crippen LogP contribution in [0, 0.1) is 12.8 Å². The fourth-order valence-electron chi connectivity index (χ4n) is 2.00. The molecule has 0 fully saturated rings. The van der Waals surface area contributed by atoms with Crippen LogP contribution in [0.2, 0.25) is 0 Å². The summed E-state index contributed by atoms with van der Waals surface area (Å²) in [7, 11) is 0. The first-order valence-corrected chi connectivity index (χ1v) is 6.61. The van der Waals surface area contributed by atoms with Gasteiger partial charge in [-0.15, -0.1) is 21.8 Å². The maximum absolute atomic E-state index is 5.66. The highest BCUT2D eigenvalue weighted by atomic mass is 35.5. The van der Waals surface area contributed by atoms with Gasteiger partial charge in [-0.1, -0.05) is 25.5 Å². The molecule has 1 heterocycles. The van der Waals surface area contributed by atoms with E-state index in [1.54, 1.807) is 0 Å². The fourth-order valence-corrected chi connectivity index (χ4v) is 2.11. The molecule has 0 saturated heterocycles. The molecule has 3 nitrogen and oxygen atoms in total. The van der Waals surface area contributed by atoms with Crippen LogP contribution in [0.15, 0.2) is 22.6 Å². The van der Waals surface area contributed by atoms with Crippen LogP contribution in [0.1, 0.15) is 30.9 Å². The monoisotopic (exact) mass is 264 g/mol. The van der Waals surface area contributed by atoms with E-state index in [0.29, 0.717) is 17.7 Å². The van der Waals surface area contributed by atoms with Crippen molar-refractivity contribution in [3.63, 3.8) is 0 Å². The molecular formula is C14H17ClN2O. The second-order valence-corrected chi connectivity index (χ2v) is 5.21. The number of alkyl halides is 1. The van der Waals surface area contributed by atoms with E-state index < -0.39 is 0 Å². The van der Waals surface area contributed by atoms with Crippen LogP contribution in [0.4, 0.5) is 0 Å². The van der Waals surface area contributed by atoms with E-state index in [9.17, 15) is 0 Å². The van der Waals surface area contributed by atoms with Crippen LogP contribution in [-0.4, -0.2) is 10.2 Å². The van der Waals surface area contributed by atoms with Gasteiger partial charge in [0.05, 0.1) is 0 Å². The molecule has 96 valence electrons. The maximum atomic E-state index is 5.66. The summed E-state index contributed by atoms with van der Waals surface area (Å²) in [4.78, 5) is 0. The van der Waals surface area contributed by atoms with Crippen molar-refractivity contribution in [1.29, 1.82) is 0 Å². The van der Waals surface area contributed by atoms with Crippen LogP contribution in [-0.2, 0) is 12.3 Å². The minimum Gasteiger partial charge on any atom is -0.419 e. The molecule has 0 atom stereocenters. The van der Waals surface area contributed by atoms with Crippen molar-refractivity contribution in [2.45, 2.75) is 33.1 Å². The third-order valence-corrected chi connectivity index (χ3v) is 2.84. The molecule has 0 spiro atoms. The smallest absolute Gasteiger partial charge is 0.247 e. The van der Waals surface area contributed by atoms with Gasteiger partial charge in [-0.05, 0) is 37.0 Å². The number of aromatic nitrogens is 2. The summed E-state index contributed by atoms with van der Waals surface area (Å²) in [6.07, 6.45) is 1.05. The van der Waals surface area contributed by atoms with Crippen LogP contribution >= 0.6 is 11.6 Å². The first-order chi connectivity index (χ1) is 8.58. The Hall–Kier alpha value is -1.35. The summed E-state index contributed by atoms with van der Waals surface area (Å²) in [6.45, 7) is 6.49. The van der Waals surface area contributed by atoms with Crippen molar-refractivity contribution >= 4 is 11.6 Å². The SMILES string of the molecule is Cc1cc(CC(C)C)cc(-c2nnc(CCl)o2)c1. The lowest BCUT2D eigenvalue weighted by molar-refractivity contribution is 0.527. The third-order valence-electron chi connectivity index (χ3n) is 2.61. The van der Waals surface area contributed by atoms with Crippen molar-refractivity contribution < 1.29 is 4.42 Å². The second-order valence-electron chi connectivity index (χ2n) is 4.94. The third kappa shape index (κ3) is 3.10. The number of hydrogen-bond acceptors (Lipinski definition) is 3. The first kappa shape index (κ1) is 13.1. The van der Waals surface area contributed by atoms with Gasteiger partial charge in [0, 0.05) is 5.56 Å². The molecular weight excluding hydrogens is 248 g/mol. The van der Waals surface area contributed by atoms with Crippen molar-refractivity contribution in [3.8, 4) is 11.5 Å². The van der Waals surface area contributed by atoms with Crippen molar-refractivity contribution in [2.24, 2.45) is 5.92 Å². The average molecular weight is 265 g/mol. The topological polar surface area (TPSA) is 38.9 Å². The molecule has 1 aromatic carbocycles. The Morgan fingerprint density at radius 2 is 2.00 bits per heavy atom. The molecule has 0 aliphatic carbocycles. The molecule has 0 radical (unpaired) electrons. The van der Waals surface area contributed by atoms with E-state index in [1.807, 2.05) is 0 Å². The van der Waals surface area contributed by atoms with E-state index in [1.165, 1.54) is 11.1 Å². The molecule has 0 N–H and O–H groups in total.